The van der Waals surface area contributed by atoms with Gasteiger partial charge in [0.2, 0.25) is 5.41 Å². The lowest BCUT2D eigenvalue weighted by Gasteiger charge is -2.25. The van der Waals surface area contributed by atoms with E-state index in [4.69, 9.17) is 19.2 Å². The third-order valence-electron chi connectivity index (χ3n) is 5.77. The van der Waals surface area contributed by atoms with E-state index in [1.54, 1.807) is 21.0 Å². The van der Waals surface area contributed by atoms with E-state index in [1.807, 2.05) is 48.5 Å². The summed E-state index contributed by atoms with van der Waals surface area (Å²) in [6.07, 6.45) is 0.790. The molecule has 0 atom stereocenters. The highest BCUT2D eigenvalue weighted by atomic mass is 16.6. The summed E-state index contributed by atoms with van der Waals surface area (Å²) in [7, 11) is 1.63. The van der Waals surface area contributed by atoms with Gasteiger partial charge in [-0.3, -0.25) is 14.6 Å². The zero-order valence-corrected chi connectivity index (χ0v) is 17.9. The number of hydrogen-bond acceptors (Lipinski definition) is 6. The fourth-order valence-corrected chi connectivity index (χ4v) is 4.36. The maximum absolute atomic E-state index is 13.1. The molecule has 1 aliphatic carbocycles. The molecule has 0 saturated carbocycles. The molecule has 0 fully saturated rings. The Bertz CT molecular complexity index is 1120. The molecule has 6 nitrogen and oxygen atoms in total. The summed E-state index contributed by atoms with van der Waals surface area (Å²) >= 11 is 0. The van der Waals surface area contributed by atoms with Gasteiger partial charge in [-0.25, -0.2) is 0 Å². The van der Waals surface area contributed by atoms with E-state index in [2.05, 4.69) is 0 Å². The zero-order chi connectivity index (χ0) is 22.0. The first-order valence-corrected chi connectivity index (χ1v) is 10.5. The van der Waals surface area contributed by atoms with E-state index in [0.29, 0.717) is 17.6 Å². The van der Waals surface area contributed by atoms with Crippen LogP contribution in [0.5, 0.6) is 5.75 Å². The van der Waals surface area contributed by atoms with Gasteiger partial charge in [0.25, 0.3) is 0 Å². The Kier molecular flexibility index (Phi) is 5.63. The molecule has 1 aliphatic rings. The van der Waals surface area contributed by atoms with E-state index in [1.165, 1.54) is 0 Å². The van der Waals surface area contributed by atoms with Gasteiger partial charge in [0, 0.05) is 5.39 Å². The first kappa shape index (κ1) is 20.8. The van der Waals surface area contributed by atoms with E-state index < -0.39 is 17.4 Å². The van der Waals surface area contributed by atoms with Crippen molar-refractivity contribution in [1.29, 1.82) is 0 Å². The number of esters is 2. The molecule has 1 aromatic heterocycles. The molecule has 2 aromatic carbocycles. The van der Waals surface area contributed by atoms with Crippen molar-refractivity contribution in [1.82, 2.24) is 4.98 Å². The Balaban J connectivity index is 2.01. The molecule has 0 unspecified atom stereocenters. The van der Waals surface area contributed by atoms with Crippen molar-refractivity contribution < 1.29 is 23.8 Å². The van der Waals surface area contributed by atoms with E-state index in [9.17, 15) is 9.59 Å². The molecule has 6 heteroatoms. The molecule has 0 spiro atoms. The van der Waals surface area contributed by atoms with E-state index >= 15 is 0 Å². The Morgan fingerprint density at radius 3 is 2.23 bits per heavy atom. The molecule has 0 saturated heterocycles. The molecular weight excluding hydrogens is 394 g/mol. The average molecular weight is 419 g/mol. The fraction of sp³-hybridized carbons (Fsp3) is 0.320. The Morgan fingerprint density at radius 1 is 0.968 bits per heavy atom. The Labute approximate surface area is 181 Å². The average Bonchev–Trinajstić information content (AvgIpc) is 3.18. The largest absolute Gasteiger partial charge is 0.497 e. The number of methoxy groups -OCH3 is 1. The number of carbonyl (C=O) groups is 2. The normalized spacial score (nSPS) is 14.2. The number of hydrogen-bond donors (Lipinski definition) is 0. The maximum Gasteiger partial charge on any atom is 0.329 e. The standard InChI is InChI=1S/C25H25NO5/c1-4-30-23(27)25(24(28)31-5-2)15-14-19-21(16-10-12-17(29-3)13-11-16)18-8-6-7-9-20(18)26-22(19)25/h6-13H,4-5,14-15H2,1-3H3. The highest BCUT2D eigenvalue weighted by Gasteiger charge is 2.56. The number of carbonyl (C=O) groups excluding carboxylic acids is 2. The van der Waals surface area contributed by atoms with Gasteiger partial charge >= 0.3 is 11.9 Å². The van der Waals surface area contributed by atoms with Crippen LogP contribution in [0.1, 0.15) is 31.5 Å². The third kappa shape index (κ3) is 3.32. The summed E-state index contributed by atoms with van der Waals surface area (Å²) in [5.41, 5.74) is 2.43. The fourth-order valence-electron chi connectivity index (χ4n) is 4.36. The summed E-state index contributed by atoms with van der Waals surface area (Å²) in [5, 5.41) is 0.968. The molecule has 1 heterocycles. The van der Waals surface area contributed by atoms with Gasteiger partial charge in [-0.2, -0.15) is 0 Å². The number of ether oxygens (including phenoxy) is 3. The van der Waals surface area contributed by atoms with Gasteiger partial charge < -0.3 is 14.2 Å². The maximum atomic E-state index is 13.1. The molecule has 0 bridgehead atoms. The third-order valence-corrected chi connectivity index (χ3v) is 5.77. The van der Waals surface area contributed by atoms with Gasteiger partial charge in [0.05, 0.1) is 31.5 Å². The molecule has 0 aliphatic heterocycles. The number of benzene rings is 2. The van der Waals surface area contributed by atoms with Crippen molar-refractivity contribution >= 4 is 22.8 Å². The number of nitrogens with zero attached hydrogens (tertiary/aromatic N) is 1. The molecule has 160 valence electrons. The molecule has 0 radical (unpaired) electrons. The van der Waals surface area contributed by atoms with Crippen LogP contribution in [0.3, 0.4) is 0 Å². The number of para-hydroxylation sites is 1. The van der Waals surface area contributed by atoms with E-state index in [-0.39, 0.29) is 19.6 Å². The first-order valence-electron chi connectivity index (χ1n) is 10.5. The molecule has 4 rings (SSSR count). The predicted molar refractivity (Wildman–Crippen MR) is 117 cm³/mol. The zero-order valence-electron chi connectivity index (χ0n) is 17.9. The van der Waals surface area contributed by atoms with Gasteiger partial charge in [-0.1, -0.05) is 30.3 Å². The van der Waals surface area contributed by atoms with Crippen LogP contribution in [0, 0.1) is 0 Å². The minimum Gasteiger partial charge on any atom is -0.497 e. The van der Waals surface area contributed by atoms with Crippen LogP contribution < -0.4 is 4.74 Å². The lowest BCUT2D eigenvalue weighted by atomic mass is 9.84. The minimum atomic E-state index is -1.55. The summed E-state index contributed by atoms with van der Waals surface area (Å²) < 4.78 is 16.0. The monoisotopic (exact) mass is 419 g/mol. The molecular formula is C25H25NO5. The van der Waals surface area contributed by atoms with Crippen molar-refractivity contribution in [3.63, 3.8) is 0 Å². The molecule has 31 heavy (non-hydrogen) atoms. The van der Waals surface area contributed by atoms with Crippen LogP contribution in [0.15, 0.2) is 48.5 Å². The predicted octanol–water partition coefficient (Wildman–Crippen LogP) is 4.22. The van der Waals surface area contributed by atoms with Crippen LogP contribution in [-0.4, -0.2) is 37.2 Å². The van der Waals surface area contributed by atoms with Gasteiger partial charge in [-0.05, 0) is 61.6 Å². The highest BCUT2D eigenvalue weighted by Crippen LogP contribution is 2.46. The first-order chi connectivity index (χ1) is 15.1. The second-order valence-corrected chi connectivity index (χ2v) is 7.41. The number of aromatic nitrogens is 1. The van der Waals surface area contributed by atoms with Crippen molar-refractivity contribution in [3.05, 3.63) is 59.8 Å². The number of pyridine rings is 1. The lowest BCUT2D eigenvalue weighted by molar-refractivity contribution is -0.165. The smallest absolute Gasteiger partial charge is 0.329 e. The minimum absolute atomic E-state index is 0.175. The number of rotatable bonds is 6. The van der Waals surface area contributed by atoms with Gasteiger partial charge in [0.15, 0.2) is 0 Å². The Morgan fingerprint density at radius 2 is 1.61 bits per heavy atom. The summed E-state index contributed by atoms with van der Waals surface area (Å²) in [6.45, 7) is 3.80. The topological polar surface area (TPSA) is 74.7 Å². The second kappa shape index (κ2) is 8.38. The highest BCUT2D eigenvalue weighted by molar-refractivity contribution is 6.09. The summed E-state index contributed by atoms with van der Waals surface area (Å²) in [6, 6.07) is 15.5. The van der Waals surface area contributed by atoms with Crippen molar-refractivity contribution in [2.45, 2.75) is 32.1 Å². The van der Waals surface area contributed by atoms with Crippen LogP contribution in [0.2, 0.25) is 0 Å². The molecule has 3 aromatic rings. The van der Waals surface area contributed by atoms with E-state index in [0.717, 1.165) is 27.8 Å². The Hall–Kier alpha value is -3.41. The second-order valence-electron chi connectivity index (χ2n) is 7.41. The number of fused-ring (bicyclic) bond motifs is 2. The lowest BCUT2D eigenvalue weighted by Crippen LogP contribution is -2.45. The van der Waals surface area contributed by atoms with Crippen molar-refractivity contribution in [2.24, 2.45) is 0 Å². The summed E-state index contributed by atoms with van der Waals surface area (Å²) in [4.78, 5) is 31.1. The van der Waals surface area contributed by atoms with Crippen LogP contribution >= 0.6 is 0 Å². The van der Waals surface area contributed by atoms with Crippen molar-refractivity contribution in [2.75, 3.05) is 20.3 Å². The van der Waals surface area contributed by atoms with Crippen molar-refractivity contribution in [3.8, 4) is 16.9 Å². The van der Waals surface area contributed by atoms with Crippen LogP contribution in [-0.2, 0) is 30.9 Å². The SMILES string of the molecule is CCOC(=O)C1(C(=O)OCC)CCc2c1nc1ccccc1c2-c1ccc(OC)cc1. The molecule has 0 N–H and O–H groups in total. The van der Waals surface area contributed by atoms with Gasteiger partial charge in [-0.15, -0.1) is 0 Å². The summed E-state index contributed by atoms with van der Waals surface area (Å²) in [5.74, 6) is -0.447. The van der Waals surface area contributed by atoms with Crippen LogP contribution in [0.4, 0.5) is 0 Å². The van der Waals surface area contributed by atoms with Gasteiger partial charge in [0.1, 0.15) is 5.75 Å². The molecule has 0 amide bonds. The quantitative estimate of drug-likeness (QED) is 0.440. The van der Waals surface area contributed by atoms with Crippen LogP contribution in [0.25, 0.3) is 22.0 Å².